The number of rotatable bonds is 6. The molecule has 7 heterocycles. The number of nitrogens with one attached hydrogen (secondary N) is 4. The Morgan fingerprint density at radius 1 is 0.467 bits per heavy atom. The van der Waals surface area contributed by atoms with Gasteiger partial charge in [0.15, 0.2) is 9.21 Å². The monoisotopic (exact) mass is 2090 g/mol. The molecule has 0 fully saturated rings. The van der Waals surface area contributed by atoms with Crippen LogP contribution in [0.2, 0.25) is 10.0 Å². The van der Waals surface area contributed by atoms with E-state index in [-0.39, 0.29) is 123 Å². The second-order valence-corrected chi connectivity index (χ2v) is 22.9. The Morgan fingerprint density at radius 3 is 1.01 bits per heavy atom. The number of ether oxygens (including phenoxy) is 4. The molecule has 0 aliphatic rings. The predicted molar refractivity (Wildman–Crippen MR) is 423 cm³/mol. The quantitative estimate of drug-likeness (QED) is 0.0140. The van der Waals surface area contributed by atoms with Crippen LogP contribution >= 0.6 is 158 Å². The Morgan fingerprint density at radius 2 is 0.738 bits per heavy atom. The molecule has 7 aromatic heterocycles. The van der Waals surface area contributed by atoms with Crippen LogP contribution in [0.1, 0.15) is 36.1 Å². The number of hydrogen-bond donors (Lipinski definition) is 13. The van der Waals surface area contributed by atoms with E-state index in [1.807, 2.05) is 18.2 Å². The molecule has 0 unspecified atom stereocenters. The van der Waals surface area contributed by atoms with E-state index in [9.17, 15) is 49.0 Å². The van der Waals surface area contributed by atoms with E-state index >= 15 is 0 Å². The zero-order valence-corrected chi connectivity index (χ0v) is 72.2. The summed E-state index contributed by atoms with van der Waals surface area (Å²) in [5.41, 5.74) is 20.9. The number of methoxy groups -OCH3 is 4. The molecule has 4 amide bonds. The molecule has 0 saturated carbocycles. The van der Waals surface area contributed by atoms with Crippen molar-refractivity contribution in [1.82, 2.24) is 34.9 Å². The fourth-order valence-corrected chi connectivity index (χ4v) is 7.04. The third kappa shape index (κ3) is 77.5. The van der Waals surface area contributed by atoms with Gasteiger partial charge in [-0.15, -0.1) is 10.1 Å². The number of nitro groups is 2. The third-order valence-corrected chi connectivity index (χ3v) is 12.9. The summed E-state index contributed by atoms with van der Waals surface area (Å²) in [6.45, 7) is 2.74. The maximum atomic E-state index is 10.8. The molecule has 0 saturated heterocycles. The van der Waals surface area contributed by atoms with E-state index in [0.29, 0.717) is 63.2 Å². The number of amides is 4. The first-order valence-corrected chi connectivity index (χ1v) is 33.1. The van der Waals surface area contributed by atoms with E-state index in [4.69, 9.17) is 89.2 Å². The first kappa shape index (κ1) is 124. The summed E-state index contributed by atoms with van der Waals surface area (Å²) in [4.78, 5) is 116. The zero-order valence-electron chi connectivity index (χ0n) is 54.1. The Bertz CT molecular complexity index is 3790. The summed E-state index contributed by atoms with van der Waals surface area (Å²) in [6.07, 6.45) is -1.82. The summed E-state index contributed by atoms with van der Waals surface area (Å²) in [7, 11) is 2.31. The number of nitrogens with two attached hydrogens (primary N) is 4. The largest absolute Gasteiger partial charge is 1.00 e. The van der Waals surface area contributed by atoms with Crippen LogP contribution in [-0.4, -0.2) is 166 Å². The van der Waals surface area contributed by atoms with Crippen LogP contribution in [-0.2, 0) is 38.9 Å². The third-order valence-electron chi connectivity index (χ3n) is 7.74. The number of nitrogen functional groups attached to an aromatic ring is 4. The molecule has 0 aliphatic carbocycles. The summed E-state index contributed by atoms with van der Waals surface area (Å²) >= 11 is 42.1. The summed E-state index contributed by atoms with van der Waals surface area (Å²) in [5.74, 6) is 2.63. The minimum atomic E-state index is -4.67. The number of carbonyl (C=O) groups excluding carboxylic acids is 6. The molecule has 0 aromatic carbocycles. The van der Waals surface area contributed by atoms with Gasteiger partial charge >= 0.3 is 96.9 Å². The number of aromatic nitrogens is 7. The Hall–Kier alpha value is -6.42. The molecule has 0 radical (unpaired) electrons. The van der Waals surface area contributed by atoms with E-state index in [1.165, 1.54) is 66.6 Å². The smallest absolute Gasteiger partial charge is 0.870 e. The number of nitrogens with zero attached hydrogens (tertiary/aromatic N) is 10. The van der Waals surface area contributed by atoms with Gasteiger partial charge in [-0.3, -0.25) is 54.9 Å². The summed E-state index contributed by atoms with van der Waals surface area (Å²) in [5, 5.41) is 58.6. The van der Waals surface area contributed by atoms with Crippen molar-refractivity contribution in [3.8, 4) is 0 Å². The van der Waals surface area contributed by atoms with E-state index in [2.05, 4.69) is 210 Å². The van der Waals surface area contributed by atoms with Gasteiger partial charge in [0.05, 0.1) is 54.0 Å². The Balaban J connectivity index is -0.000000106. The second kappa shape index (κ2) is 73.7. The van der Waals surface area contributed by atoms with E-state index in [0.717, 1.165) is 18.8 Å². The Labute approximate surface area is 732 Å². The van der Waals surface area contributed by atoms with Crippen LogP contribution in [0.4, 0.5) is 77.0 Å². The van der Waals surface area contributed by atoms with Crippen LogP contribution < -0.4 is 95.6 Å². The van der Waals surface area contributed by atoms with Crippen molar-refractivity contribution >= 4 is 261 Å². The van der Waals surface area contributed by atoms with Crippen molar-refractivity contribution in [3.05, 3.63) is 170 Å². The average Bonchev–Trinajstić information content (AvgIpc) is 0.865. The molecule has 0 bridgehead atoms. The number of aliphatic hydroxyl groups is 2. The number of anilines is 8. The molecule has 596 valence electrons. The van der Waals surface area contributed by atoms with Gasteiger partial charge in [0, 0.05) is 51.8 Å². The minimum absolute atomic E-state index is 0. The Kier molecular flexibility index (Phi) is 85.6. The fourth-order valence-electron chi connectivity index (χ4n) is 4.19. The van der Waals surface area contributed by atoms with Crippen LogP contribution in [0.5, 0.6) is 0 Å². The van der Waals surface area contributed by atoms with Gasteiger partial charge in [-0.25, -0.2) is 54.1 Å². The molecule has 107 heavy (non-hydrogen) atoms. The van der Waals surface area contributed by atoms with Crippen molar-refractivity contribution in [1.29, 1.82) is 0 Å². The SMILES string of the molecule is C.C.C.CC(=O)Cl.CC(=O)Nc1cccc(Br)n1.CO.CO.COC(=O)Cl.COC(=O)Nc1ccc(Cl)c(Br)n1.COC(=O)Nc1ccc(N)c(Br)n1.COC(=O)Nc1ccc([N+](=O)[O-])c(Br)n1.Nc1ccc(Cl)c(Br)n1.Nc1ccc([N+](=O)[O-])c(Br)n1.Nc1cccc(Br)n1.O=S(=O)(O)O.O=[N+]([O-])O.[K+].[OH-]. The predicted octanol–water partition coefficient (Wildman–Crippen LogP) is 11.6. The van der Waals surface area contributed by atoms with Gasteiger partial charge < -0.3 is 68.1 Å². The van der Waals surface area contributed by atoms with Crippen molar-refractivity contribution in [2.24, 2.45) is 0 Å². The van der Waals surface area contributed by atoms with Gasteiger partial charge in [-0.1, -0.05) is 57.6 Å². The van der Waals surface area contributed by atoms with Crippen molar-refractivity contribution in [3.63, 3.8) is 0 Å². The zero-order chi connectivity index (χ0) is 80.6. The molecular weight excluding hydrogens is 2030 g/mol. The van der Waals surface area contributed by atoms with E-state index in [1.54, 1.807) is 54.6 Å². The summed E-state index contributed by atoms with van der Waals surface area (Å²) < 4.78 is 51.8. The van der Waals surface area contributed by atoms with Crippen LogP contribution in [0.15, 0.2) is 129 Å². The van der Waals surface area contributed by atoms with Crippen molar-refractivity contribution < 1.29 is 152 Å². The van der Waals surface area contributed by atoms with Crippen LogP contribution in [0, 0.1) is 30.3 Å². The standard InChI is InChI=1S/C7H6BrClN2O2.C7H6BrN3O4.C7H8BrN3O2.C7H7BrN2O.C5H4BrClN2.C5H4BrN3O2.C5H5BrN2.C2H3ClO2.C2H3ClO.2CH4O.3CH4.K.HNO3.H2O4S.H2O/c1-13-7(12)11-5-3-2-4(9)6(8)10-5;1-15-7(12)10-5-3-2-4(11(13)14)6(8)9-5;1-13-7(12)11-5-3-2-4(9)6(8)10-5;1-5(11)9-7-4-2-3-6(8)10-7;6-5-3(7)1-2-4(8)9-5;6-5-3(9(10)11)1-2-4(7)8-5;6-4-2-1-3-5(7)8-4;1-5-2(3)4;1-2(3)4;2*1-2;;;;;2-1(3)4;1-5(2,3)4;/h2-3H,1H3,(H,10,11,12);2-3H,1H3,(H,9,10,12);2-3H,9H2,1H3,(H,10,11,12);2-4H,1H3,(H,9,10,11);1-2H,(H2,8,9);1-2H,(H2,7,8);1-3H,(H2,7,8);1H3;1H3;2*2H,1H3;3*1H4;;(H,2,3,4);(H2,1,2,3,4);1H2/q;;;;;;;;;;;;;;+1;;;/p-1. The van der Waals surface area contributed by atoms with Crippen LogP contribution in [0.3, 0.4) is 0 Å². The normalized spacial score (nSPS) is 8.48. The fraction of sp³-hybridized carbons (Fsp3) is 0.212. The maximum absolute atomic E-state index is 10.8. The molecule has 7 rings (SSSR count). The number of aliphatic hydroxyl groups excluding tert-OH is 2. The molecule has 7 aromatic rings. The van der Waals surface area contributed by atoms with E-state index < -0.39 is 49.0 Å². The minimum Gasteiger partial charge on any atom is -0.870 e. The topological polar surface area (TPSA) is 676 Å². The van der Waals surface area contributed by atoms with Crippen LogP contribution in [0.25, 0.3) is 0 Å². The second-order valence-electron chi connectivity index (χ2n) is 15.0. The van der Waals surface area contributed by atoms with Gasteiger partial charge in [-0.05, 0) is 196 Å². The number of carbonyl (C=O) groups is 6. The summed E-state index contributed by atoms with van der Waals surface area (Å²) in [6, 6.07) is 25.7. The maximum Gasteiger partial charge on any atom is 1.00 e. The molecule has 18 N–H and O–H groups in total. The number of hydrogen-bond acceptors (Lipinski definition) is 32. The molecule has 55 heteroatoms. The molecule has 0 spiro atoms. The van der Waals surface area contributed by atoms with Crippen molar-refractivity contribution in [2.75, 3.05) is 86.9 Å². The van der Waals surface area contributed by atoms with Gasteiger partial charge in [0.1, 0.15) is 63.7 Å². The van der Waals surface area contributed by atoms with Gasteiger partial charge in [-0.2, -0.15) is 8.42 Å². The van der Waals surface area contributed by atoms with Gasteiger partial charge in [0.25, 0.3) is 5.09 Å². The molecule has 42 nitrogen and oxygen atoms in total. The first-order chi connectivity index (χ1) is 47.3. The number of pyridine rings is 7. The number of halogens is 11. The molecule has 0 atom stereocenters. The van der Waals surface area contributed by atoms with Gasteiger partial charge in [0.2, 0.25) is 11.1 Å². The van der Waals surface area contributed by atoms with Crippen molar-refractivity contribution in [2.45, 2.75) is 36.1 Å². The first-order valence-electron chi connectivity index (χ1n) is 24.7. The molecule has 0 aliphatic heterocycles. The molecular formula is C52H70Br7Cl4KN18O24S. The average molecular weight is 2100 g/mol.